The summed E-state index contributed by atoms with van der Waals surface area (Å²) in [6, 6.07) is 0.654. The molecule has 0 aromatic carbocycles. The summed E-state index contributed by atoms with van der Waals surface area (Å²) in [5, 5.41) is 3.80. The average molecular weight is 252 g/mol. The zero-order valence-electron chi connectivity index (χ0n) is 12.5. The third-order valence-electron chi connectivity index (χ3n) is 4.92. The molecule has 0 radical (unpaired) electrons. The van der Waals surface area contributed by atoms with Crippen molar-refractivity contribution >= 4 is 0 Å². The van der Waals surface area contributed by atoms with Crippen molar-refractivity contribution in [3.8, 4) is 0 Å². The Balaban J connectivity index is 1.65. The van der Waals surface area contributed by atoms with Gasteiger partial charge in [0.2, 0.25) is 0 Å². The minimum absolute atomic E-state index is 0.578. The minimum atomic E-state index is 0.578. The third-order valence-corrected chi connectivity index (χ3v) is 4.92. The molecule has 2 heteroatoms. The molecule has 1 N–H and O–H groups in total. The van der Waals surface area contributed by atoms with Gasteiger partial charge in [0.1, 0.15) is 0 Å². The Kier molecular flexibility index (Phi) is 5.50. The van der Waals surface area contributed by atoms with Gasteiger partial charge in [-0.2, -0.15) is 0 Å². The summed E-state index contributed by atoms with van der Waals surface area (Å²) in [7, 11) is 0. The molecule has 1 aliphatic carbocycles. The molecule has 0 spiro atoms. The highest BCUT2D eigenvalue weighted by Crippen LogP contribution is 2.34. The van der Waals surface area contributed by atoms with Crippen LogP contribution in [0, 0.1) is 5.41 Å². The summed E-state index contributed by atoms with van der Waals surface area (Å²) in [5.41, 5.74) is 0.578. The number of likely N-dealkylation sites (tertiary alicyclic amines) is 1. The second kappa shape index (κ2) is 6.91. The predicted molar refractivity (Wildman–Crippen MR) is 78.9 cm³/mol. The second-order valence-corrected chi connectivity index (χ2v) is 7.01. The topological polar surface area (TPSA) is 15.3 Å². The predicted octanol–water partition coefficient (Wildman–Crippen LogP) is 3.42. The van der Waals surface area contributed by atoms with Crippen molar-refractivity contribution in [3.63, 3.8) is 0 Å². The first-order valence-electron chi connectivity index (χ1n) is 8.14. The number of nitrogens with zero attached hydrogens (tertiary/aromatic N) is 1. The van der Waals surface area contributed by atoms with E-state index in [1.54, 1.807) is 0 Å². The molecular weight excluding hydrogens is 220 g/mol. The van der Waals surface area contributed by atoms with Crippen molar-refractivity contribution in [2.24, 2.45) is 5.41 Å². The Hall–Kier alpha value is -0.0800. The Bertz CT molecular complexity index is 227. The Morgan fingerprint density at radius 1 is 1.00 bits per heavy atom. The molecule has 1 atom stereocenters. The van der Waals surface area contributed by atoms with Gasteiger partial charge in [0, 0.05) is 19.1 Å². The third kappa shape index (κ3) is 4.55. The van der Waals surface area contributed by atoms with Gasteiger partial charge >= 0.3 is 0 Å². The van der Waals surface area contributed by atoms with Crippen molar-refractivity contribution in [1.82, 2.24) is 10.2 Å². The number of nitrogens with one attached hydrogen (secondary N) is 1. The highest BCUT2D eigenvalue weighted by molar-refractivity contribution is 4.82. The van der Waals surface area contributed by atoms with E-state index >= 15 is 0 Å². The summed E-state index contributed by atoms with van der Waals surface area (Å²) in [6.45, 7) is 9.96. The fourth-order valence-corrected chi connectivity index (χ4v) is 3.60. The first-order valence-corrected chi connectivity index (χ1v) is 8.14. The van der Waals surface area contributed by atoms with Gasteiger partial charge in [-0.15, -0.1) is 0 Å². The van der Waals surface area contributed by atoms with E-state index in [0.29, 0.717) is 11.5 Å². The van der Waals surface area contributed by atoms with Gasteiger partial charge in [-0.3, -0.25) is 0 Å². The van der Waals surface area contributed by atoms with Crippen molar-refractivity contribution < 1.29 is 0 Å². The molecule has 0 amide bonds. The Labute approximate surface area is 114 Å². The van der Waals surface area contributed by atoms with Gasteiger partial charge in [0.15, 0.2) is 0 Å². The molecule has 1 aliphatic heterocycles. The van der Waals surface area contributed by atoms with E-state index < -0.39 is 0 Å². The van der Waals surface area contributed by atoms with Crippen LogP contribution in [0.1, 0.15) is 65.2 Å². The molecule has 106 valence electrons. The molecule has 1 unspecified atom stereocenters. The molecule has 1 saturated carbocycles. The molecule has 2 rings (SSSR count). The van der Waals surface area contributed by atoms with E-state index in [1.807, 2.05) is 0 Å². The molecule has 2 aliphatic rings. The van der Waals surface area contributed by atoms with Crippen LogP contribution in [0.5, 0.6) is 0 Å². The SMILES string of the molecule is CC(CN1CCCCC1)NCC1(C)CCCCC1. The van der Waals surface area contributed by atoms with E-state index in [2.05, 4.69) is 24.1 Å². The summed E-state index contributed by atoms with van der Waals surface area (Å²) in [4.78, 5) is 2.64. The largest absolute Gasteiger partial charge is 0.312 e. The van der Waals surface area contributed by atoms with Crippen molar-refractivity contribution in [3.05, 3.63) is 0 Å². The lowest BCUT2D eigenvalue weighted by molar-refractivity contribution is 0.176. The van der Waals surface area contributed by atoms with Crippen molar-refractivity contribution in [1.29, 1.82) is 0 Å². The monoisotopic (exact) mass is 252 g/mol. The average Bonchev–Trinajstić information content (AvgIpc) is 2.39. The number of piperidine rings is 1. The summed E-state index contributed by atoms with van der Waals surface area (Å²) < 4.78 is 0. The molecule has 1 heterocycles. The maximum atomic E-state index is 3.80. The highest BCUT2D eigenvalue weighted by atomic mass is 15.1. The van der Waals surface area contributed by atoms with Crippen LogP contribution in [0.15, 0.2) is 0 Å². The highest BCUT2D eigenvalue weighted by Gasteiger charge is 2.27. The van der Waals surface area contributed by atoms with E-state index in [-0.39, 0.29) is 0 Å². The van der Waals surface area contributed by atoms with Crippen molar-refractivity contribution in [2.75, 3.05) is 26.2 Å². The summed E-state index contributed by atoms with van der Waals surface area (Å²) >= 11 is 0. The van der Waals surface area contributed by atoms with Crippen LogP contribution < -0.4 is 5.32 Å². The van der Waals surface area contributed by atoms with Gasteiger partial charge in [-0.1, -0.05) is 32.6 Å². The number of hydrogen-bond donors (Lipinski definition) is 1. The van der Waals surface area contributed by atoms with E-state index in [9.17, 15) is 0 Å². The van der Waals surface area contributed by atoms with Crippen LogP contribution in [-0.2, 0) is 0 Å². The molecule has 0 bridgehead atoms. The molecule has 1 saturated heterocycles. The molecule has 0 aromatic rings. The normalized spacial score (nSPS) is 27.0. The quantitative estimate of drug-likeness (QED) is 0.806. The zero-order valence-corrected chi connectivity index (χ0v) is 12.5. The first-order chi connectivity index (χ1) is 8.68. The van der Waals surface area contributed by atoms with Crippen LogP contribution in [0.4, 0.5) is 0 Å². The fourth-order valence-electron chi connectivity index (χ4n) is 3.60. The van der Waals surface area contributed by atoms with E-state index in [4.69, 9.17) is 0 Å². The maximum Gasteiger partial charge on any atom is 0.0166 e. The molecule has 18 heavy (non-hydrogen) atoms. The first kappa shape index (κ1) is 14.3. The van der Waals surface area contributed by atoms with E-state index in [1.165, 1.54) is 77.5 Å². The van der Waals surface area contributed by atoms with Gasteiger partial charge < -0.3 is 10.2 Å². The summed E-state index contributed by atoms with van der Waals surface area (Å²) in [6.07, 6.45) is 11.5. The number of rotatable bonds is 5. The summed E-state index contributed by atoms with van der Waals surface area (Å²) in [5.74, 6) is 0. The lowest BCUT2D eigenvalue weighted by Crippen LogP contribution is -2.45. The van der Waals surface area contributed by atoms with Crippen LogP contribution in [0.3, 0.4) is 0 Å². The Morgan fingerprint density at radius 3 is 2.28 bits per heavy atom. The Morgan fingerprint density at radius 2 is 1.61 bits per heavy atom. The van der Waals surface area contributed by atoms with Gasteiger partial charge in [0.25, 0.3) is 0 Å². The van der Waals surface area contributed by atoms with Crippen LogP contribution >= 0.6 is 0 Å². The fraction of sp³-hybridized carbons (Fsp3) is 1.00. The van der Waals surface area contributed by atoms with Crippen LogP contribution in [-0.4, -0.2) is 37.1 Å². The van der Waals surface area contributed by atoms with Gasteiger partial charge in [-0.05, 0) is 51.1 Å². The van der Waals surface area contributed by atoms with E-state index in [0.717, 1.165) is 0 Å². The van der Waals surface area contributed by atoms with Crippen molar-refractivity contribution in [2.45, 2.75) is 71.3 Å². The number of hydrogen-bond acceptors (Lipinski definition) is 2. The lowest BCUT2D eigenvalue weighted by atomic mass is 9.75. The standard InChI is InChI=1S/C16H32N2/c1-15(13-18-11-7-4-8-12-18)17-14-16(2)9-5-3-6-10-16/h15,17H,3-14H2,1-2H3. The van der Waals surface area contributed by atoms with Crippen LogP contribution in [0.2, 0.25) is 0 Å². The smallest absolute Gasteiger partial charge is 0.0166 e. The zero-order chi connectivity index (χ0) is 12.8. The minimum Gasteiger partial charge on any atom is -0.312 e. The molecule has 2 fully saturated rings. The van der Waals surface area contributed by atoms with Gasteiger partial charge in [-0.25, -0.2) is 0 Å². The second-order valence-electron chi connectivity index (χ2n) is 7.01. The lowest BCUT2D eigenvalue weighted by Gasteiger charge is -2.36. The maximum absolute atomic E-state index is 3.80. The molecule has 2 nitrogen and oxygen atoms in total. The molecular formula is C16H32N2. The van der Waals surface area contributed by atoms with Gasteiger partial charge in [0.05, 0.1) is 0 Å². The van der Waals surface area contributed by atoms with Crippen LogP contribution in [0.25, 0.3) is 0 Å². The molecule has 0 aromatic heterocycles.